The van der Waals surface area contributed by atoms with E-state index in [1.54, 1.807) is 0 Å². The molecule has 0 atom stereocenters. The Kier molecular flexibility index (Phi) is 6.02. The van der Waals surface area contributed by atoms with Gasteiger partial charge in [0.25, 0.3) is 0 Å². The summed E-state index contributed by atoms with van der Waals surface area (Å²) in [6.45, 7) is 4.94. The van der Waals surface area contributed by atoms with Gasteiger partial charge in [-0.05, 0) is 42.7 Å². The SMILES string of the molecule is CN(C)c1ccc(CN2CCN(c3nc4ccccc4c4nnc(C5CCCCC5)n34)CC2)cc1. The Morgan fingerprint density at radius 1 is 0.857 bits per heavy atom. The summed E-state index contributed by atoms with van der Waals surface area (Å²) in [6, 6.07) is 17.3. The fourth-order valence-corrected chi connectivity index (χ4v) is 5.69. The number of nitrogens with zero attached hydrogens (tertiary/aromatic N) is 7. The number of piperazine rings is 1. The van der Waals surface area contributed by atoms with E-state index in [9.17, 15) is 0 Å². The molecule has 2 fully saturated rings. The standard InChI is InChI=1S/C28H35N7/c1-32(2)23-14-12-21(13-15-23)20-33-16-18-34(19-17-33)28-29-25-11-7-6-10-24(25)27-31-30-26(35(27)28)22-8-4-3-5-9-22/h6-7,10-15,22H,3-5,8-9,16-20H2,1-2H3. The van der Waals surface area contributed by atoms with E-state index in [1.165, 1.54) is 43.4 Å². The minimum Gasteiger partial charge on any atom is -0.378 e. The molecule has 0 amide bonds. The Balaban J connectivity index is 1.27. The highest BCUT2D eigenvalue weighted by Gasteiger charge is 2.27. The summed E-state index contributed by atoms with van der Waals surface area (Å²) in [5, 5.41) is 10.5. The highest BCUT2D eigenvalue weighted by atomic mass is 15.4. The molecule has 4 aromatic rings. The lowest BCUT2D eigenvalue weighted by molar-refractivity contribution is 0.248. The van der Waals surface area contributed by atoms with Gasteiger partial charge in [0, 0.05) is 63.8 Å². The van der Waals surface area contributed by atoms with E-state index in [0.717, 1.165) is 61.0 Å². The molecule has 182 valence electrons. The van der Waals surface area contributed by atoms with Gasteiger partial charge in [-0.1, -0.05) is 43.5 Å². The van der Waals surface area contributed by atoms with Crippen LogP contribution in [0.25, 0.3) is 16.6 Å². The van der Waals surface area contributed by atoms with Gasteiger partial charge in [-0.25, -0.2) is 9.38 Å². The van der Waals surface area contributed by atoms with E-state index >= 15 is 0 Å². The van der Waals surface area contributed by atoms with Gasteiger partial charge in [-0.2, -0.15) is 0 Å². The van der Waals surface area contributed by atoms with Crippen LogP contribution in [0.1, 0.15) is 49.4 Å². The predicted molar refractivity (Wildman–Crippen MR) is 142 cm³/mol. The van der Waals surface area contributed by atoms with Crippen molar-refractivity contribution in [1.29, 1.82) is 0 Å². The summed E-state index contributed by atoms with van der Waals surface area (Å²) >= 11 is 0. The largest absolute Gasteiger partial charge is 0.378 e. The van der Waals surface area contributed by atoms with Crippen LogP contribution in [0.3, 0.4) is 0 Å². The molecule has 1 aliphatic heterocycles. The second-order valence-corrected chi connectivity index (χ2v) is 10.3. The van der Waals surface area contributed by atoms with E-state index in [0.29, 0.717) is 5.92 Å². The van der Waals surface area contributed by atoms with Crippen molar-refractivity contribution in [2.75, 3.05) is 50.1 Å². The fourth-order valence-electron chi connectivity index (χ4n) is 5.69. The van der Waals surface area contributed by atoms with Crippen LogP contribution in [-0.2, 0) is 6.54 Å². The third-order valence-corrected chi connectivity index (χ3v) is 7.74. The molecule has 2 aromatic carbocycles. The van der Waals surface area contributed by atoms with Gasteiger partial charge in [0.1, 0.15) is 5.82 Å². The average molecular weight is 470 g/mol. The number of para-hydroxylation sites is 1. The van der Waals surface area contributed by atoms with Crippen molar-refractivity contribution in [1.82, 2.24) is 24.5 Å². The Hall–Kier alpha value is -3.19. The van der Waals surface area contributed by atoms with Gasteiger partial charge in [-0.3, -0.25) is 4.90 Å². The van der Waals surface area contributed by atoms with Gasteiger partial charge in [-0.15, -0.1) is 10.2 Å². The first-order chi connectivity index (χ1) is 17.2. The minimum atomic E-state index is 0.479. The number of rotatable bonds is 5. The fraction of sp³-hybridized carbons (Fsp3) is 0.464. The number of aromatic nitrogens is 4. The third kappa shape index (κ3) is 4.33. The molecule has 1 saturated carbocycles. The van der Waals surface area contributed by atoms with E-state index in [2.05, 4.69) is 81.7 Å². The molecule has 6 rings (SSSR count). The normalized spacial score (nSPS) is 17.9. The first-order valence-electron chi connectivity index (χ1n) is 13.0. The molecule has 2 aromatic heterocycles. The molecular weight excluding hydrogens is 434 g/mol. The smallest absolute Gasteiger partial charge is 0.213 e. The molecule has 7 heteroatoms. The van der Waals surface area contributed by atoms with Gasteiger partial charge in [0.2, 0.25) is 5.95 Å². The van der Waals surface area contributed by atoms with Gasteiger partial charge in [0.15, 0.2) is 5.65 Å². The summed E-state index contributed by atoms with van der Waals surface area (Å²) in [5.74, 6) is 2.60. The highest BCUT2D eigenvalue weighted by molar-refractivity contribution is 5.92. The van der Waals surface area contributed by atoms with Gasteiger partial charge in [0.05, 0.1) is 5.52 Å². The number of hydrogen-bond acceptors (Lipinski definition) is 6. The second kappa shape index (κ2) is 9.46. The summed E-state index contributed by atoms with van der Waals surface area (Å²) in [5.41, 5.74) is 4.57. The monoisotopic (exact) mass is 469 g/mol. The van der Waals surface area contributed by atoms with Crippen LogP contribution in [0.15, 0.2) is 48.5 Å². The summed E-state index contributed by atoms with van der Waals surface area (Å²) in [7, 11) is 4.17. The molecule has 35 heavy (non-hydrogen) atoms. The van der Waals surface area contributed by atoms with Crippen LogP contribution >= 0.6 is 0 Å². The maximum atomic E-state index is 5.18. The van der Waals surface area contributed by atoms with Gasteiger partial charge >= 0.3 is 0 Å². The van der Waals surface area contributed by atoms with Crippen molar-refractivity contribution in [2.24, 2.45) is 0 Å². The number of benzene rings is 2. The van der Waals surface area contributed by atoms with Crippen LogP contribution < -0.4 is 9.80 Å². The Bertz CT molecular complexity index is 1300. The Morgan fingerprint density at radius 2 is 1.60 bits per heavy atom. The maximum Gasteiger partial charge on any atom is 0.213 e. The third-order valence-electron chi connectivity index (χ3n) is 7.74. The van der Waals surface area contributed by atoms with Gasteiger partial charge < -0.3 is 9.80 Å². The Labute approximate surface area is 207 Å². The number of hydrogen-bond donors (Lipinski definition) is 0. The summed E-state index contributed by atoms with van der Waals surface area (Å²) in [6.07, 6.45) is 6.30. The molecular formula is C28H35N7. The van der Waals surface area contributed by atoms with Crippen molar-refractivity contribution in [2.45, 2.75) is 44.6 Å². The lowest BCUT2D eigenvalue weighted by Gasteiger charge is -2.36. The lowest BCUT2D eigenvalue weighted by atomic mass is 9.89. The molecule has 2 aliphatic rings. The summed E-state index contributed by atoms with van der Waals surface area (Å²) < 4.78 is 2.29. The van der Waals surface area contributed by atoms with E-state index in [1.807, 2.05) is 0 Å². The molecule has 7 nitrogen and oxygen atoms in total. The molecule has 1 aliphatic carbocycles. The van der Waals surface area contributed by atoms with Crippen molar-refractivity contribution in [3.63, 3.8) is 0 Å². The van der Waals surface area contributed by atoms with Crippen molar-refractivity contribution < 1.29 is 0 Å². The quantitative estimate of drug-likeness (QED) is 0.422. The zero-order chi connectivity index (χ0) is 23.8. The molecule has 0 bridgehead atoms. The van der Waals surface area contributed by atoms with Crippen molar-refractivity contribution >= 4 is 28.2 Å². The highest BCUT2D eigenvalue weighted by Crippen LogP contribution is 2.34. The predicted octanol–water partition coefficient (Wildman–Crippen LogP) is 4.71. The molecule has 3 heterocycles. The lowest BCUT2D eigenvalue weighted by Crippen LogP contribution is -2.47. The Morgan fingerprint density at radius 3 is 2.34 bits per heavy atom. The van der Waals surface area contributed by atoms with E-state index in [4.69, 9.17) is 15.2 Å². The zero-order valence-electron chi connectivity index (χ0n) is 20.9. The molecule has 0 N–H and O–H groups in total. The number of anilines is 2. The van der Waals surface area contributed by atoms with E-state index < -0.39 is 0 Å². The van der Waals surface area contributed by atoms with Crippen LogP contribution in [0, 0.1) is 0 Å². The molecule has 0 spiro atoms. The van der Waals surface area contributed by atoms with Crippen LogP contribution in [0.5, 0.6) is 0 Å². The molecule has 0 radical (unpaired) electrons. The first-order valence-corrected chi connectivity index (χ1v) is 13.0. The second-order valence-electron chi connectivity index (χ2n) is 10.3. The summed E-state index contributed by atoms with van der Waals surface area (Å²) in [4.78, 5) is 12.3. The van der Waals surface area contributed by atoms with Crippen molar-refractivity contribution in [3.8, 4) is 0 Å². The molecule has 1 saturated heterocycles. The zero-order valence-corrected chi connectivity index (χ0v) is 20.9. The van der Waals surface area contributed by atoms with Crippen LogP contribution in [-0.4, -0.2) is 64.8 Å². The van der Waals surface area contributed by atoms with Crippen LogP contribution in [0.2, 0.25) is 0 Å². The minimum absolute atomic E-state index is 0.479. The number of fused-ring (bicyclic) bond motifs is 3. The van der Waals surface area contributed by atoms with Crippen molar-refractivity contribution in [3.05, 3.63) is 59.9 Å². The average Bonchev–Trinajstić information content (AvgIpc) is 3.35. The van der Waals surface area contributed by atoms with Crippen LogP contribution in [0.4, 0.5) is 11.6 Å². The first kappa shape index (κ1) is 22.3. The van der Waals surface area contributed by atoms with E-state index in [-0.39, 0.29) is 0 Å². The topological polar surface area (TPSA) is 52.8 Å². The maximum absolute atomic E-state index is 5.18. The molecule has 0 unspecified atom stereocenters.